The van der Waals surface area contributed by atoms with Gasteiger partial charge in [0.25, 0.3) is 0 Å². The van der Waals surface area contributed by atoms with Crippen molar-refractivity contribution < 1.29 is 15.3 Å². The molecule has 1 fully saturated rings. The average Bonchev–Trinajstić information content (AvgIpc) is 2.79. The van der Waals surface area contributed by atoms with Gasteiger partial charge in [0.05, 0.1) is 12.1 Å². The predicted molar refractivity (Wildman–Crippen MR) is 72.7 cm³/mol. The van der Waals surface area contributed by atoms with Gasteiger partial charge in [-0.15, -0.1) is 0 Å². The molecule has 0 amide bonds. The van der Waals surface area contributed by atoms with E-state index in [1.165, 1.54) is 0 Å². The summed E-state index contributed by atoms with van der Waals surface area (Å²) in [6.07, 6.45) is -1.02. The van der Waals surface area contributed by atoms with Gasteiger partial charge < -0.3 is 20.2 Å². The van der Waals surface area contributed by atoms with Gasteiger partial charge in [-0.05, 0) is 20.3 Å². The number of hydrogen-bond acceptors (Lipinski definition) is 6. The summed E-state index contributed by atoms with van der Waals surface area (Å²) >= 11 is 1.67. The van der Waals surface area contributed by atoms with E-state index in [0.717, 1.165) is 18.3 Å². The van der Waals surface area contributed by atoms with E-state index in [2.05, 4.69) is 23.7 Å². The summed E-state index contributed by atoms with van der Waals surface area (Å²) in [6.45, 7) is 5.86. The molecule has 0 aromatic carbocycles. The molecule has 1 aliphatic carbocycles. The van der Waals surface area contributed by atoms with E-state index in [0.29, 0.717) is 6.42 Å². The van der Waals surface area contributed by atoms with Crippen LogP contribution in [0.2, 0.25) is 0 Å². The summed E-state index contributed by atoms with van der Waals surface area (Å²) in [7, 11) is 0. The van der Waals surface area contributed by atoms with Gasteiger partial charge in [0.2, 0.25) is 0 Å². The number of aliphatic hydroxyl groups is 3. The second kappa shape index (κ2) is 5.77. The van der Waals surface area contributed by atoms with E-state index in [1.54, 1.807) is 11.8 Å². The van der Waals surface area contributed by atoms with Gasteiger partial charge in [-0.25, -0.2) is 0 Å². The molecule has 0 radical (unpaired) electrons. The van der Waals surface area contributed by atoms with Crippen molar-refractivity contribution in [2.75, 3.05) is 19.7 Å². The van der Waals surface area contributed by atoms with Gasteiger partial charge in [0.15, 0.2) is 5.17 Å². The average molecular weight is 274 g/mol. The van der Waals surface area contributed by atoms with Gasteiger partial charge in [-0.3, -0.25) is 4.99 Å². The molecule has 2 aliphatic rings. The molecule has 0 unspecified atom stereocenters. The molecule has 0 saturated heterocycles. The zero-order chi connectivity index (χ0) is 13.3. The van der Waals surface area contributed by atoms with Crippen molar-refractivity contribution in [3.63, 3.8) is 0 Å². The Hall–Kier alpha value is -0.300. The molecule has 0 bridgehead atoms. The summed E-state index contributed by atoms with van der Waals surface area (Å²) in [5.41, 5.74) is 0. The fourth-order valence-electron chi connectivity index (χ4n) is 2.68. The van der Waals surface area contributed by atoms with E-state index in [-0.39, 0.29) is 23.8 Å². The number of fused-ring (bicyclic) bond motifs is 1. The van der Waals surface area contributed by atoms with Crippen molar-refractivity contribution in [3.05, 3.63) is 0 Å². The quantitative estimate of drug-likeness (QED) is 0.670. The van der Waals surface area contributed by atoms with Crippen LogP contribution < -0.4 is 0 Å². The Morgan fingerprint density at radius 2 is 1.94 bits per heavy atom. The molecule has 1 heterocycles. The first-order valence-corrected chi connectivity index (χ1v) is 7.46. The number of amidine groups is 1. The molecule has 104 valence electrons. The lowest BCUT2D eigenvalue weighted by atomic mass is 9.81. The van der Waals surface area contributed by atoms with Gasteiger partial charge >= 0.3 is 0 Å². The van der Waals surface area contributed by atoms with Crippen molar-refractivity contribution in [3.8, 4) is 0 Å². The molecule has 3 N–H and O–H groups in total. The van der Waals surface area contributed by atoms with E-state index in [9.17, 15) is 15.3 Å². The highest BCUT2D eigenvalue weighted by Gasteiger charge is 2.47. The van der Waals surface area contributed by atoms with Crippen LogP contribution in [0.5, 0.6) is 0 Å². The van der Waals surface area contributed by atoms with E-state index >= 15 is 0 Å². The van der Waals surface area contributed by atoms with E-state index in [4.69, 9.17) is 0 Å². The second-order valence-electron chi connectivity index (χ2n) is 4.89. The Labute approximate surface area is 112 Å². The smallest absolute Gasteiger partial charge is 0.159 e. The number of thioether (sulfide) groups is 1. The molecule has 18 heavy (non-hydrogen) atoms. The number of aliphatic hydroxyl groups excluding tert-OH is 3. The maximum absolute atomic E-state index is 10.1. The number of rotatable bonds is 3. The first-order chi connectivity index (χ1) is 8.62. The third-order valence-corrected chi connectivity index (χ3v) is 5.23. The standard InChI is InChI=1S/C12H22N2O3S/c1-3-14(4-2)12-13-9-8(18-12)5-7(6-15)10(16)11(9)17/h7-11,15-17H,3-6H2,1-2H3/t7-,8+,9+,10-,11-/m1/s1. The SMILES string of the molecule is CCN(CC)C1=N[C@@H]2[C@@H](O)[C@H](O)[C@@H](CO)C[C@@H]2S1. The molecule has 6 heteroatoms. The van der Waals surface area contributed by atoms with E-state index < -0.39 is 12.2 Å². The topological polar surface area (TPSA) is 76.3 Å². The molecular weight excluding hydrogens is 252 g/mol. The van der Waals surface area contributed by atoms with Gasteiger partial charge in [-0.1, -0.05) is 11.8 Å². The molecule has 1 aliphatic heterocycles. The normalized spacial score (nSPS) is 39.4. The first kappa shape index (κ1) is 14.1. The largest absolute Gasteiger partial charge is 0.396 e. The molecule has 5 atom stereocenters. The van der Waals surface area contributed by atoms with Crippen LogP contribution in [0, 0.1) is 5.92 Å². The highest BCUT2D eigenvalue weighted by molar-refractivity contribution is 8.14. The van der Waals surface area contributed by atoms with Crippen molar-refractivity contribution in [1.29, 1.82) is 0 Å². The fourth-order valence-corrected chi connectivity index (χ4v) is 4.25. The van der Waals surface area contributed by atoms with Crippen LogP contribution in [0.1, 0.15) is 20.3 Å². The van der Waals surface area contributed by atoms with Gasteiger partial charge in [0.1, 0.15) is 6.10 Å². The summed E-state index contributed by atoms with van der Waals surface area (Å²) < 4.78 is 0. The third kappa shape index (κ3) is 2.39. The second-order valence-corrected chi connectivity index (χ2v) is 6.10. The lowest BCUT2D eigenvalue weighted by molar-refractivity contribution is -0.0646. The Bertz CT molecular complexity index is 322. The van der Waals surface area contributed by atoms with Crippen LogP contribution >= 0.6 is 11.8 Å². The third-order valence-electron chi connectivity index (χ3n) is 3.88. The highest BCUT2D eigenvalue weighted by Crippen LogP contribution is 2.40. The first-order valence-electron chi connectivity index (χ1n) is 6.58. The fraction of sp³-hybridized carbons (Fsp3) is 0.917. The molecule has 2 rings (SSSR count). The minimum atomic E-state index is -0.864. The minimum Gasteiger partial charge on any atom is -0.396 e. The van der Waals surface area contributed by atoms with Crippen LogP contribution in [-0.4, -0.2) is 68.6 Å². The summed E-state index contributed by atoms with van der Waals surface area (Å²) in [4.78, 5) is 6.73. The zero-order valence-electron chi connectivity index (χ0n) is 10.9. The maximum Gasteiger partial charge on any atom is 0.159 e. The number of hydrogen-bond donors (Lipinski definition) is 3. The lowest BCUT2D eigenvalue weighted by Gasteiger charge is -2.37. The van der Waals surface area contributed by atoms with E-state index in [1.807, 2.05) is 0 Å². The van der Waals surface area contributed by atoms with Crippen molar-refractivity contribution >= 4 is 16.9 Å². The van der Waals surface area contributed by atoms with Crippen molar-refractivity contribution in [2.24, 2.45) is 10.9 Å². The molecule has 0 spiro atoms. The molecule has 1 saturated carbocycles. The Morgan fingerprint density at radius 1 is 1.28 bits per heavy atom. The van der Waals surface area contributed by atoms with Crippen molar-refractivity contribution in [1.82, 2.24) is 4.90 Å². The summed E-state index contributed by atoms with van der Waals surface area (Å²) in [5, 5.41) is 30.4. The minimum absolute atomic E-state index is 0.0807. The predicted octanol–water partition coefficient (Wildman–Crippen LogP) is -0.0978. The maximum atomic E-state index is 10.1. The molecule has 5 nitrogen and oxygen atoms in total. The summed E-state index contributed by atoms with van der Waals surface area (Å²) in [6, 6.07) is -0.233. The monoisotopic (exact) mass is 274 g/mol. The van der Waals surface area contributed by atoms with Gasteiger partial charge in [-0.2, -0.15) is 0 Å². The van der Waals surface area contributed by atoms with Crippen LogP contribution in [0.3, 0.4) is 0 Å². The molecule has 0 aromatic heterocycles. The highest BCUT2D eigenvalue weighted by atomic mass is 32.2. The van der Waals surface area contributed by atoms with Crippen LogP contribution in [0.15, 0.2) is 4.99 Å². The van der Waals surface area contributed by atoms with Crippen LogP contribution in [0.25, 0.3) is 0 Å². The Balaban J connectivity index is 2.12. The number of nitrogens with zero attached hydrogens (tertiary/aromatic N) is 2. The van der Waals surface area contributed by atoms with Crippen LogP contribution in [0.4, 0.5) is 0 Å². The lowest BCUT2D eigenvalue weighted by Crippen LogP contribution is -2.51. The summed E-state index contributed by atoms with van der Waals surface area (Å²) in [5.74, 6) is -0.236. The Kier molecular flexibility index (Phi) is 4.53. The number of aliphatic imine (C=N–C) groups is 1. The van der Waals surface area contributed by atoms with Gasteiger partial charge in [0, 0.05) is 30.9 Å². The molecule has 0 aromatic rings. The zero-order valence-corrected chi connectivity index (χ0v) is 11.7. The van der Waals surface area contributed by atoms with Crippen molar-refractivity contribution in [2.45, 2.75) is 43.8 Å². The molecular formula is C12H22N2O3S. The Morgan fingerprint density at radius 3 is 2.50 bits per heavy atom. The van der Waals surface area contributed by atoms with Crippen LogP contribution in [-0.2, 0) is 0 Å².